The maximum atomic E-state index is 12.1. The van der Waals surface area contributed by atoms with Gasteiger partial charge in [-0.1, -0.05) is 6.07 Å². The van der Waals surface area contributed by atoms with E-state index in [1.165, 1.54) is 6.07 Å². The molecule has 92 valence electrons. The number of hydrogen-bond donors (Lipinski definition) is 2. The van der Waals surface area contributed by atoms with Crippen LogP contribution in [0.25, 0.3) is 11.0 Å². The molecule has 0 amide bonds. The highest BCUT2D eigenvalue weighted by molar-refractivity contribution is 7.89. The molecule has 0 radical (unpaired) electrons. The van der Waals surface area contributed by atoms with Crippen LogP contribution in [0, 0.1) is 0 Å². The molecular formula is C9H12N4O2S2. The van der Waals surface area contributed by atoms with E-state index >= 15 is 0 Å². The summed E-state index contributed by atoms with van der Waals surface area (Å²) in [4.78, 5) is 0.143. The molecule has 0 fully saturated rings. The lowest BCUT2D eigenvalue weighted by Gasteiger charge is -2.11. The van der Waals surface area contributed by atoms with Crippen LogP contribution in [0.1, 0.15) is 6.92 Å². The fraction of sp³-hybridized carbons (Fsp3) is 0.333. The Morgan fingerprint density at radius 1 is 1.47 bits per heavy atom. The number of nitrogens with one attached hydrogen (secondary N) is 1. The molecular weight excluding hydrogens is 260 g/mol. The van der Waals surface area contributed by atoms with E-state index in [4.69, 9.17) is 5.73 Å². The van der Waals surface area contributed by atoms with Gasteiger partial charge in [-0.15, -0.1) is 0 Å². The molecule has 2 rings (SSSR count). The van der Waals surface area contributed by atoms with Crippen molar-refractivity contribution in [3.8, 4) is 0 Å². The Labute approximate surface area is 103 Å². The van der Waals surface area contributed by atoms with E-state index in [1.807, 2.05) is 0 Å². The highest BCUT2D eigenvalue weighted by atomic mass is 32.2. The first-order valence-corrected chi connectivity index (χ1v) is 7.19. The van der Waals surface area contributed by atoms with Gasteiger partial charge in [0.05, 0.1) is 11.7 Å². The zero-order chi connectivity index (χ0) is 12.5. The molecule has 0 aliphatic heterocycles. The van der Waals surface area contributed by atoms with Gasteiger partial charge in [0.25, 0.3) is 0 Å². The van der Waals surface area contributed by atoms with Crippen molar-refractivity contribution in [2.24, 2.45) is 5.73 Å². The minimum atomic E-state index is -3.59. The van der Waals surface area contributed by atoms with Crippen molar-refractivity contribution in [1.29, 1.82) is 0 Å². The van der Waals surface area contributed by atoms with E-state index in [1.54, 1.807) is 19.1 Å². The van der Waals surface area contributed by atoms with Crippen LogP contribution in [0.2, 0.25) is 0 Å². The summed E-state index contributed by atoms with van der Waals surface area (Å²) in [5, 5.41) is 0. The molecule has 1 heterocycles. The molecule has 1 aromatic heterocycles. The normalized spacial score (nSPS) is 14.0. The summed E-state index contributed by atoms with van der Waals surface area (Å²) in [6, 6.07) is 4.56. The molecule has 8 heteroatoms. The zero-order valence-electron chi connectivity index (χ0n) is 9.12. The van der Waals surface area contributed by atoms with Gasteiger partial charge in [0, 0.05) is 12.6 Å². The topological polar surface area (TPSA) is 98.0 Å². The molecule has 17 heavy (non-hydrogen) atoms. The Morgan fingerprint density at radius 2 is 2.24 bits per heavy atom. The predicted molar refractivity (Wildman–Crippen MR) is 66.3 cm³/mol. The van der Waals surface area contributed by atoms with Crippen LogP contribution < -0.4 is 10.5 Å². The number of fused-ring (bicyclic) bond motifs is 1. The molecule has 0 aliphatic carbocycles. The number of nitrogens with zero attached hydrogens (tertiary/aromatic N) is 2. The number of sulfonamides is 1. The van der Waals surface area contributed by atoms with Crippen LogP contribution >= 0.6 is 11.7 Å². The van der Waals surface area contributed by atoms with Crippen molar-refractivity contribution in [2.45, 2.75) is 17.9 Å². The molecule has 0 saturated heterocycles. The summed E-state index contributed by atoms with van der Waals surface area (Å²) in [5.41, 5.74) is 6.38. The van der Waals surface area contributed by atoms with Gasteiger partial charge in [-0.25, -0.2) is 13.1 Å². The molecule has 1 atom stereocenters. The van der Waals surface area contributed by atoms with Gasteiger partial charge >= 0.3 is 0 Å². The van der Waals surface area contributed by atoms with Gasteiger partial charge in [-0.05, 0) is 19.1 Å². The standard InChI is InChI=1S/C9H12N4O2S2/c1-6(5-10)13-17(14,15)8-4-2-3-7-9(8)12-16-11-7/h2-4,6,13H,5,10H2,1H3. The third-order valence-electron chi connectivity index (χ3n) is 2.25. The van der Waals surface area contributed by atoms with E-state index in [9.17, 15) is 8.42 Å². The fourth-order valence-electron chi connectivity index (χ4n) is 1.37. The number of rotatable bonds is 4. The van der Waals surface area contributed by atoms with Crippen molar-refractivity contribution in [3.63, 3.8) is 0 Å². The van der Waals surface area contributed by atoms with Crippen LogP contribution in [0.4, 0.5) is 0 Å². The van der Waals surface area contributed by atoms with E-state index in [0.717, 1.165) is 11.7 Å². The monoisotopic (exact) mass is 272 g/mol. The quantitative estimate of drug-likeness (QED) is 0.835. The van der Waals surface area contributed by atoms with E-state index in [2.05, 4.69) is 13.5 Å². The molecule has 0 saturated carbocycles. The van der Waals surface area contributed by atoms with E-state index in [-0.39, 0.29) is 17.5 Å². The molecule has 6 nitrogen and oxygen atoms in total. The summed E-state index contributed by atoms with van der Waals surface area (Å²) < 4.78 is 34.7. The third-order valence-corrected chi connectivity index (χ3v) is 4.41. The SMILES string of the molecule is CC(CN)NS(=O)(=O)c1cccc2nsnc12. The Balaban J connectivity index is 2.49. The highest BCUT2D eigenvalue weighted by Crippen LogP contribution is 2.20. The van der Waals surface area contributed by atoms with Crippen molar-refractivity contribution >= 4 is 32.8 Å². The molecule has 3 N–H and O–H groups in total. The van der Waals surface area contributed by atoms with Gasteiger partial charge in [0.15, 0.2) is 0 Å². The predicted octanol–water partition coefficient (Wildman–Crippen LogP) is 0.317. The van der Waals surface area contributed by atoms with Gasteiger partial charge in [-0.3, -0.25) is 0 Å². The van der Waals surface area contributed by atoms with Gasteiger partial charge < -0.3 is 5.73 Å². The Bertz CT molecular complexity index is 623. The Kier molecular flexibility index (Phi) is 3.38. The lowest BCUT2D eigenvalue weighted by atomic mass is 10.3. The van der Waals surface area contributed by atoms with Crippen molar-refractivity contribution in [2.75, 3.05) is 6.54 Å². The minimum Gasteiger partial charge on any atom is -0.329 e. The average molecular weight is 272 g/mol. The van der Waals surface area contributed by atoms with Gasteiger partial charge in [0.1, 0.15) is 15.9 Å². The van der Waals surface area contributed by atoms with Crippen LogP contribution in [-0.2, 0) is 10.0 Å². The number of aromatic nitrogens is 2. The molecule has 1 unspecified atom stereocenters. The molecule has 0 aliphatic rings. The lowest BCUT2D eigenvalue weighted by molar-refractivity contribution is 0.563. The first-order chi connectivity index (χ1) is 8.04. The molecule has 1 aromatic carbocycles. The summed E-state index contributed by atoms with van der Waals surface area (Å²) in [6.07, 6.45) is 0. The van der Waals surface area contributed by atoms with E-state index < -0.39 is 10.0 Å². The lowest BCUT2D eigenvalue weighted by Crippen LogP contribution is -2.37. The Hall–Kier alpha value is -1.09. The Morgan fingerprint density at radius 3 is 2.94 bits per heavy atom. The van der Waals surface area contributed by atoms with Crippen molar-refractivity contribution in [1.82, 2.24) is 13.5 Å². The average Bonchev–Trinajstić information content (AvgIpc) is 2.75. The number of hydrogen-bond acceptors (Lipinski definition) is 6. The largest absolute Gasteiger partial charge is 0.329 e. The van der Waals surface area contributed by atoms with Gasteiger partial charge in [-0.2, -0.15) is 8.75 Å². The number of nitrogens with two attached hydrogens (primary N) is 1. The minimum absolute atomic E-state index is 0.143. The first-order valence-electron chi connectivity index (χ1n) is 4.98. The maximum Gasteiger partial charge on any atom is 0.243 e. The second-order valence-corrected chi connectivity index (χ2v) is 5.86. The fourth-order valence-corrected chi connectivity index (χ4v) is 3.40. The van der Waals surface area contributed by atoms with E-state index in [0.29, 0.717) is 11.0 Å². The second-order valence-electron chi connectivity index (χ2n) is 3.65. The summed E-state index contributed by atoms with van der Waals surface area (Å²) in [6.45, 7) is 1.95. The summed E-state index contributed by atoms with van der Waals surface area (Å²) >= 11 is 0.991. The number of benzene rings is 1. The van der Waals surface area contributed by atoms with Crippen molar-refractivity contribution < 1.29 is 8.42 Å². The zero-order valence-corrected chi connectivity index (χ0v) is 10.8. The second kappa shape index (κ2) is 4.65. The third kappa shape index (κ3) is 2.44. The summed E-state index contributed by atoms with van der Waals surface area (Å²) in [5.74, 6) is 0. The van der Waals surface area contributed by atoms with Crippen LogP contribution in [0.5, 0.6) is 0 Å². The summed E-state index contributed by atoms with van der Waals surface area (Å²) in [7, 11) is -3.59. The van der Waals surface area contributed by atoms with Crippen LogP contribution in [0.15, 0.2) is 23.1 Å². The first kappa shape index (κ1) is 12.4. The van der Waals surface area contributed by atoms with Crippen LogP contribution in [0.3, 0.4) is 0 Å². The smallest absolute Gasteiger partial charge is 0.243 e. The van der Waals surface area contributed by atoms with Crippen LogP contribution in [-0.4, -0.2) is 29.8 Å². The van der Waals surface area contributed by atoms with Crippen molar-refractivity contribution in [3.05, 3.63) is 18.2 Å². The molecule has 0 bridgehead atoms. The van der Waals surface area contributed by atoms with Gasteiger partial charge in [0.2, 0.25) is 10.0 Å². The molecule has 0 spiro atoms. The highest BCUT2D eigenvalue weighted by Gasteiger charge is 2.20. The maximum absolute atomic E-state index is 12.1. The molecule has 2 aromatic rings.